The summed E-state index contributed by atoms with van der Waals surface area (Å²) in [5, 5.41) is 8.00. The van der Waals surface area contributed by atoms with Crippen molar-refractivity contribution in [1.29, 1.82) is 0 Å². The molecule has 0 spiro atoms. The molecule has 1 saturated carbocycles. The van der Waals surface area contributed by atoms with Gasteiger partial charge in [-0.25, -0.2) is 4.98 Å². The molecule has 0 bridgehead atoms. The molecule has 3 rings (SSSR count). The molecular weight excluding hydrogens is 296 g/mol. The maximum absolute atomic E-state index is 12.2. The van der Waals surface area contributed by atoms with Gasteiger partial charge in [-0.05, 0) is 24.7 Å². The quantitative estimate of drug-likeness (QED) is 0.847. The zero-order valence-electron chi connectivity index (χ0n) is 13.4. The molecule has 0 aromatic carbocycles. The number of aromatic nitrogens is 3. The molecule has 5 nitrogen and oxygen atoms in total. The van der Waals surface area contributed by atoms with E-state index in [-0.39, 0.29) is 5.91 Å². The van der Waals surface area contributed by atoms with Crippen LogP contribution in [0.5, 0.6) is 0 Å². The van der Waals surface area contributed by atoms with Crippen LogP contribution in [0.2, 0.25) is 0 Å². The summed E-state index contributed by atoms with van der Waals surface area (Å²) in [6.45, 7) is 4.03. The molecule has 1 aromatic rings. The highest BCUT2D eigenvalue weighted by Gasteiger charge is 2.22. The molecule has 1 unspecified atom stereocenters. The number of thioether (sulfide) groups is 1. The Labute approximate surface area is 136 Å². The van der Waals surface area contributed by atoms with Crippen molar-refractivity contribution in [3.63, 3.8) is 0 Å². The van der Waals surface area contributed by atoms with Crippen molar-refractivity contribution in [2.24, 2.45) is 11.8 Å². The maximum Gasteiger partial charge on any atom is 0.233 e. The minimum atomic E-state index is 0.221. The second-order valence-electron chi connectivity index (χ2n) is 6.80. The molecule has 6 heteroatoms. The third kappa shape index (κ3) is 4.24. The van der Waals surface area contributed by atoms with Crippen LogP contribution >= 0.6 is 11.8 Å². The second kappa shape index (κ2) is 7.49. The summed E-state index contributed by atoms with van der Waals surface area (Å²) in [5.41, 5.74) is 0. The maximum atomic E-state index is 12.2. The first-order valence-electron chi connectivity index (χ1n) is 8.52. The minimum absolute atomic E-state index is 0.221. The number of carbonyl (C=O) groups is 1. The average molecular weight is 322 g/mol. The number of H-pyrrole nitrogens is 1. The third-order valence-corrected chi connectivity index (χ3v) is 5.63. The van der Waals surface area contributed by atoms with Gasteiger partial charge in [-0.1, -0.05) is 44.4 Å². The summed E-state index contributed by atoms with van der Waals surface area (Å²) >= 11 is 1.46. The minimum Gasteiger partial charge on any atom is -0.342 e. The van der Waals surface area contributed by atoms with E-state index >= 15 is 0 Å². The Morgan fingerprint density at radius 2 is 2.14 bits per heavy atom. The van der Waals surface area contributed by atoms with Gasteiger partial charge < -0.3 is 4.90 Å². The van der Waals surface area contributed by atoms with E-state index in [4.69, 9.17) is 0 Å². The zero-order chi connectivity index (χ0) is 15.4. The summed E-state index contributed by atoms with van der Waals surface area (Å²) in [6.07, 6.45) is 8.70. The molecule has 1 N–H and O–H groups in total. The highest BCUT2D eigenvalue weighted by atomic mass is 32.2. The fraction of sp³-hybridized carbons (Fsp3) is 0.812. The van der Waals surface area contributed by atoms with Gasteiger partial charge in [0.25, 0.3) is 0 Å². The van der Waals surface area contributed by atoms with E-state index in [1.165, 1.54) is 43.9 Å². The summed E-state index contributed by atoms with van der Waals surface area (Å²) in [4.78, 5) is 18.8. The fourth-order valence-corrected chi connectivity index (χ4v) is 4.28. The largest absolute Gasteiger partial charge is 0.342 e. The van der Waals surface area contributed by atoms with Crippen LogP contribution in [-0.4, -0.2) is 44.8 Å². The van der Waals surface area contributed by atoms with Crippen molar-refractivity contribution in [2.75, 3.05) is 18.8 Å². The summed E-state index contributed by atoms with van der Waals surface area (Å²) in [7, 11) is 0. The molecule has 122 valence electrons. The van der Waals surface area contributed by atoms with E-state index < -0.39 is 0 Å². The fourth-order valence-electron chi connectivity index (χ4n) is 3.56. The molecule has 0 radical (unpaired) electrons. The van der Waals surface area contributed by atoms with Gasteiger partial charge in [0.15, 0.2) is 0 Å². The molecule has 2 aliphatic rings. The lowest BCUT2D eigenvalue weighted by molar-refractivity contribution is -0.130. The number of carbonyl (C=O) groups excluding carboxylic acids is 1. The van der Waals surface area contributed by atoms with E-state index in [1.807, 2.05) is 4.90 Å². The number of piperidine rings is 1. The van der Waals surface area contributed by atoms with Crippen LogP contribution in [0.4, 0.5) is 0 Å². The number of likely N-dealkylation sites (tertiary alicyclic amines) is 1. The molecule has 2 fully saturated rings. The molecule has 2 heterocycles. The Bertz CT molecular complexity index is 498. The number of hydrogen-bond donors (Lipinski definition) is 1. The van der Waals surface area contributed by atoms with Gasteiger partial charge in [0.2, 0.25) is 11.1 Å². The van der Waals surface area contributed by atoms with Gasteiger partial charge in [0, 0.05) is 19.5 Å². The van der Waals surface area contributed by atoms with Gasteiger partial charge in [-0.15, -0.1) is 5.10 Å². The van der Waals surface area contributed by atoms with Crippen LogP contribution < -0.4 is 0 Å². The average Bonchev–Trinajstić information content (AvgIpc) is 3.17. The van der Waals surface area contributed by atoms with Gasteiger partial charge in [0.1, 0.15) is 5.82 Å². The molecule has 1 aliphatic carbocycles. The van der Waals surface area contributed by atoms with Crippen LogP contribution in [0.15, 0.2) is 5.16 Å². The molecule has 22 heavy (non-hydrogen) atoms. The monoisotopic (exact) mass is 322 g/mol. The third-order valence-electron chi connectivity index (χ3n) is 4.80. The lowest BCUT2D eigenvalue weighted by Gasteiger charge is -2.30. The predicted octanol–water partition coefficient (Wildman–Crippen LogP) is 2.89. The zero-order valence-corrected chi connectivity index (χ0v) is 14.2. The predicted molar refractivity (Wildman–Crippen MR) is 87.7 cm³/mol. The van der Waals surface area contributed by atoms with Crippen LogP contribution in [-0.2, 0) is 11.2 Å². The van der Waals surface area contributed by atoms with E-state index in [1.54, 1.807) is 0 Å². The normalized spacial score (nSPS) is 23.1. The molecule has 1 amide bonds. The van der Waals surface area contributed by atoms with E-state index in [0.29, 0.717) is 16.8 Å². The molecule has 1 aromatic heterocycles. The lowest BCUT2D eigenvalue weighted by Crippen LogP contribution is -2.40. The summed E-state index contributed by atoms with van der Waals surface area (Å²) in [6, 6.07) is 0. The summed E-state index contributed by atoms with van der Waals surface area (Å²) < 4.78 is 0. The SMILES string of the molecule is CC1CCCN(C(=O)CSc2n[nH]c(CC3CCCC3)n2)C1. The lowest BCUT2D eigenvalue weighted by atomic mass is 10.0. The Balaban J connectivity index is 1.44. The Morgan fingerprint density at radius 3 is 2.91 bits per heavy atom. The van der Waals surface area contributed by atoms with Crippen molar-refractivity contribution in [2.45, 2.75) is 57.0 Å². The summed E-state index contributed by atoms with van der Waals surface area (Å²) in [5.74, 6) is 3.05. The number of nitrogens with zero attached hydrogens (tertiary/aromatic N) is 3. The van der Waals surface area contributed by atoms with Crippen molar-refractivity contribution < 1.29 is 4.79 Å². The van der Waals surface area contributed by atoms with E-state index in [0.717, 1.165) is 37.7 Å². The first kappa shape index (κ1) is 15.8. The molecule has 1 saturated heterocycles. The number of aromatic amines is 1. The number of amides is 1. The van der Waals surface area contributed by atoms with Gasteiger partial charge in [-0.3, -0.25) is 9.89 Å². The van der Waals surface area contributed by atoms with Gasteiger partial charge >= 0.3 is 0 Å². The van der Waals surface area contributed by atoms with Crippen LogP contribution in [0.25, 0.3) is 0 Å². The highest BCUT2D eigenvalue weighted by Crippen LogP contribution is 2.27. The number of hydrogen-bond acceptors (Lipinski definition) is 4. The number of nitrogens with one attached hydrogen (secondary N) is 1. The van der Waals surface area contributed by atoms with Crippen molar-refractivity contribution in [3.05, 3.63) is 5.82 Å². The van der Waals surface area contributed by atoms with Crippen LogP contribution in [0.1, 0.15) is 51.3 Å². The molecular formula is C16H26N4OS. The Kier molecular flexibility index (Phi) is 5.39. The molecule has 1 atom stereocenters. The molecule has 1 aliphatic heterocycles. The van der Waals surface area contributed by atoms with E-state index in [9.17, 15) is 4.79 Å². The Hall–Kier alpha value is -1.04. The highest BCUT2D eigenvalue weighted by molar-refractivity contribution is 7.99. The first-order chi connectivity index (χ1) is 10.7. The smallest absolute Gasteiger partial charge is 0.233 e. The topological polar surface area (TPSA) is 61.9 Å². The van der Waals surface area contributed by atoms with Crippen molar-refractivity contribution in [1.82, 2.24) is 20.1 Å². The van der Waals surface area contributed by atoms with Crippen LogP contribution in [0, 0.1) is 11.8 Å². The van der Waals surface area contributed by atoms with Gasteiger partial charge in [-0.2, -0.15) is 0 Å². The van der Waals surface area contributed by atoms with Crippen LogP contribution in [0.3, 0.4) is 0 Å². The second-order valence-corrected chi connectivity index (χ2v) is 7.74. The number of rotatable bonds is 5. The standard InChI is InChI=1S/C16H26N4OS/c1-12-5-4-8-20(10-12)15(21)11-22-16-17-14(18-19-16)9-13-6-2-3-7-13/h12-13H,2-11H2,1H3,(H,17,18,19). The first-order valence-corrected chi connectivity index (χ1v) is 9.51. The van der Waals surface area contributed by atoms with Crippen molar-refractivity contribution >= 4 is 17.7 Å². The van der Waals surface area contributed by atoms with Gasteiger partial charge in [0.05, 0.1) is 5.75 Å². The van der Waals surface area contributed by atoms with Crippen molar-refractivity contribution in [3.8, 4) is 0 Å². The van der Waals surface area contributed by atoms with E-state index in [2.05, 4.69) is 22.1 Å². The Morgan fingerprint density at radius 1 is 1.32 bits per heavy atom.